The fourth-order valence-corrected chi connectivity index (χ4v) is 7.90. The lowest BCUT2D eigenvalue weighted by atomic mass is 9.41. The van der Waals surface area contributed by atoms with Gasteiger partial charge in [-0.15, -0.1) is 0 Å². The van der Waals surface area contributed by atoms with Crippen LogP contribution in [0.1, 0.15) is 65.2 Å². The molecule has 5 fully saturated rings. The van der Waals surface area contributed by atoms with E-state index >= 15 is 0 Å². The highest BCUT2D eigenvalue weighted by molar-refractivity contribution is 5.16. The van der Waals surface area contributed by atoms with Crippen molar-refractivity contribution in [1.82, 2.24) is 0 Å². The Bertz CT molecular complexity index is 419. The number of allylic oxidation sites excluding steroid dienone is 2. The van der Waals surface area contributed by atoms with Gasteiger partial charge in [-0.05, 0) is 97.7 Å². The minimum atomic E-state index is 0.590. The molecule has 0 heterocycles. The molecule has 6 aliphatic rings. The van der Waals surface area contributed by atoms with E-state index in [-0.39, 0.29) is 0 Å². The molecule has 0 spiro atoms. The van der Waals surface area contributed by atoms with Crippen LogP contribution in [0.15, 0.2) is 12.2 Å². The summed E-state index contributed by atoms with van der Waals surface area (Å²) in [6.45, 7) is 5.36. The molecule has 3 atom stereocenters. The topological polar surface area (TPSA) is 0 Å². The van der Waals surface area contributed by atoms with Gasteiger partial charge >= 0.3 is 0 Å². The van der Waals surface area contributed by atoms with Gasteiger partial charge in [0, 0.05) is 0 Å². The van der Waals surface area contributed by atoms with E-state index in [1.807, 2.05) is 0 Å². The molecule has 5 saturated carbocycles. The highest BCUT2D eigenvalue weighted by atomic mass is 14.6. The van der Waals surface area contributed by atoms with Crippen LogP contribution in [0.4, 0.5) is 0 Å². The molecule has 20 heavy (non-hydrogen) atoms. The molecular formula is C20H30. The van der Waals surface area contributed by atoms with Gasteiger partial charge in [0.25, 0.3) is 0 Å². The lowest BCUT2D eigenvalue weighted by Gasteiger charge is -2.64. The number of rotatable bonds is 2. The van der Waals surface area contributed by atoms with Crippen molar-refractivity contribution in [2.45, 2.75) is 65.2 Å². The summed E-state index contributed by atoms with van der Waals surface area (Å²) >= 11 is 0. The van der Waals surface area contributed by atoms with Crippen molar-refractivity contribution in [1.29, 1.82) is 0 Å². The number of hydrogen-bond acceptors (Lipinski definition) is 0. The van der Waals surface area contributed by atoms with E-state index < -0.39 is 0 Å². The van der Waals surface area contributed by atoms with Crippen LogP contribution in [-0.2, 0) is 0 Å². The standard InChI is InChI=1S/C20H30/c1-19(2,18-9-13-3-4-17(18)8-13)20-10-14-5-15(11-20)7-16(6-14)12-20/h3-4,13-18H,5-12H2,1-2H3. The maximum absolute atomic E-state index is 2.68. The van der Waals surface area contributed by atoms with Crippen molar-refractivity contribution in [3.05, 3.63) is 12.2 Å². The van der Waals surface area contributed by atoms with Crippen LogP contribution in [0.25, 0.3) is 0 Å². The molecule has 6 bridgehead atoms. The molecule has 6 aliphatic carbocycles. The van der Waals surface area contributed by atoms with E-state index in [0.29, 0.717) is 5.41 Å². The summed E-state index contributed by atoms with van der Waals surface area (Å²) in [5, 5.41) is 0. The second kappa shape index (κ2) is 3.73. The summed E-state index contributed by atoms with van der Waals surface area (Å²) in [6, 6.07) is 0. The molecule has 0 heteroatoms. The van der Waals surface area contributed by atoms with Crippen molar-refractivity contribution in [3.63, 3.8) is 0 Å². The third kappa shape index (κ3) is 1.44. The summed E-state index contributed by atoms with van der Waals surface area (Å²) in [5.41, 5.74) is 1.32. The lowest BCUT2D eigenvalue weighted by molar-refractivity contribution is -0.143. The van der Waals surface area contributed by atoms with E-state index in [4.69, 9.17) is 0 Å². The van der Waals surface area contributed by atoms with Gasteiger partial charge in [-0.1, -0.05) is 26.0 Å². The fourth-order valence-electron chi connectivity index (χ4n) is 7.90. The molecule has 0 aromatic carbocycles. The SMILES string of the molecule is CC(C)(C1CC2C=CC1C2)C12CC3CC(CC(C3)C1)C2. The van der Waals surface area contributed by atoms with E-state index in [1.165, 1.54) is 12.8 Å². The normalized spacial score (nSPS) is 55.9. The van der Waals surface area contributed by atoms with Gasteiger partial charge in [-0.25, -0.2) is 0 Å². The summed E-state index contributed by atoms with van der Waals surface area (Å²) in [7, 11) is 0. The molecular weight excluding hydrogens is 240 g/mol. The van der Waals surface area contributed by atoms with Crippen molar-refractivity contribution in [2.75, 3.05) is 0 Å². The Kier molecular flexibility index (Phi) is 2.30. The van der Waals surface area contributed by atoms with Crippen molar-refractivity contribution >= 4 is 0 Å². The highest BCUT2D eigenvalue weighted by Gasteiger charge is 2.60. The summed E-state index contributed by atoms with van der Waals surface area (Å²) < 4.78 is 0. The Balaban J connectivity index is 1.50. The second-order valence-electron chi connectivity index (χ2n) is 9.81. The van der Waals surface area contributed by atoms with Gasteiger partial charge in [0.1, 0.15) is 0 Å². The molecule has 6 rings (SSSR count). The van der Waals surface area contributed by atoms with E-state index in [1.54, 1.807) is 38.5 Å². The Morgan fingerprint density at radius 1 is 0.800 bits per heavy atom. The van der Waals surface area contributed by atoms with Gasteiger partial charge in [0.15, 0.2) is 0 Å². The smallest absolute Gasteiger partial charge is 0.0194 e. The first kappa shape index (κ1) is 12.3. The predicted octanol–water partition coefficient (Wildman–Crippen LogP) is 5.44. The van der Waals surface area contributed by atoms with Gasteiger partial charge in [0.2, 0.25) is 0 Å². The van der Waals surface area contributed by atoms with E-state index in [9.17, 15) is 0 Å². The molecule has 0 amide bonds. The molecule has 0 aromatic heterocycles. The maximum atomic E-state index is 2.68. The molecule has 3 unspecified atom stereocenters. The number of hydrogen-bond donors (Lipinski definition) is 0. The average molecular weight is 270 g/mol. The zero-order valence-electron chi connectivity index (χ0n) is 13.3. The molecule has 0 N–H and O–H groups in total. The molecule has 0 aromatic rings. The Morgan fingerprint density at radius 2 is 1.40 bits per heavy atom. The third-order valence-electron chi connectivity index (χ3n) is 8.61. The van der Waals surface area contributed by atoms with Crippen LogP contribution in [0.3, 0.4) is 0 Å². The summed E-state index contributed by atoms with van der Waals surface area (Å²) in [4.78, 5) is 0. The molecule has 110 valence electrons. The van der Waals surface area contributed by atoms with Gasteiger partial charge in [0.05, 0.1) is 0 Å². The highest BCUT2D eigenvalue weighted by Crippen LogP contribution is 2.70. The van der Waals surface area contributed by atoms with Crippen LogP contribution in [-0.4, -0.2) is 0 Å². The monoisotopic (exact) mass is 270 g/mol. The maximum Gasteiger partial charge on any atom is -0.0194 e. The molecule has 0 radical (unpaired) electrons. The average Bonchev–Trinajstić information content (AvgIpc) is 2.99. The molecule has 0 aliphatic heterocycles. The summed E-state index contributed by atoms with van der Waals surface area (Å²) in [6.07, 6.45) is 17.6. The Morgan fingerprint density at radius 3 is 1.85 bits per heavy atom. The van der Waals surface area contributed by atoms with Crippen molar-refractivity contribution < 1.29 is 0 Å². The minimum Gasteiger partial charge on any atom is -0.0851 e. The summed E-state index contributed by atoms with van der Waals surface area (Å²) in [5.74, 6) is 6.19. The first-order chi connectivity index (χ1) is 9.56. The Hall–Kier alpha value is -0.260. The Labute approximate surface area is 124 Å². The third-order valence-corrected chi connectivity index (χ3v) is 8.61. The van der Waals surface area contributed by atoms with Crippen LogP contribution in [0, 0.1) is 46.3 Å². The van der Waals surface area contributed by atoms with Gasteiger partial charge < -0.3 is 0 Å². The molecule has 0 nitrogen and oxygen atoms in total. The molecule has 0 saturated heterocycles. The number of fused-ring (bicyclic) bond motifs is 2. The van der Waals surface area contributed by atoms with E-state index in [0.717, 1.165) is 40.9 Å². The van der Waals surface area contributed by atoms with Crippen molar-refractivity contribution in [3.8, 4) is 0 Å². The van der Waals surface area contributed by atoms with Crippen molar-refractivity contribution in [2.24, 2.45) is 46.3 Å². The van der Waals surface area contributed by atoms with Crippen LogP contribution < -0.4 is 0 Å². The second-order valence-corrected chi connectivity index (χ2v) is 9.81. The fraction of sp³-hybridized carbons (Fsp3) is 0.900. The van der Waals surface area contributed by atoms with Gasteiger partial charge in [-0.2, -0.15) is 0 Å². The first-order valence-corrected chi connectivity index (χ1v) is 9.24. The zero-order valence-corrected chi connectivity index (χ0v) is 13.3. The largest absolute Gasteiger partial charge is 0.0851 e. The predicted molar refractivity (Wildman–Crippen MR) is 83.2 cm³/mol. The lowest BCUT2D eigenvalue weighted by Crippen LogP contribution is -2.55. The quantitative estimate of drug-likeness (QED) is 0.586. The zero-order chi connectivity index (χ0) is 13.5. The first-order valence-electron chi connectivity index (χ1n) is 9.24. The van der Waals surface area contributed by atoms with Crippen LogP contribution in [0.2, 0.25) is 0 Å². The van der Waals surface area contributed by atoms with Crippen LogP contribution >= 0.6 is 0 Å². The van der Waals surface area contributed by atoms with Crippen LogP contribution in [0.5, 0.6) is 0 Å². The van der Waals surface area contributed by atoms with Gasteiger partial charge in [-0.3, -0.25) is 0 Å². The minimum absolute atomic E-state index is 0.590. The van der Waals surface area contributed by atoms with E-state index in [2.05, 4.69) is 26.0 Å².